The van der Waals surface area contributed by atoms with E-state index in [1.807, 2.05) is 6.92 Å². The van der Waals surface area contributed by atoms with Crippen molar-refractivity contribution in [2.75, 3.05) is 13.7 Å². The molecule has 0 bridgehead atoms. The fraction of sp³-hybridized carbons (Fsp3) is 0.727. The molecule has 1 heterocycles. The van der Waals surface area contributed by atoms with Gasteiger partial charge in [-0.15, -0.1) is 5.10 Å². The average molecular weight is 240 g/mol. The first kappa shape index (κ1) is 13.6. The lowest BCUT2D eigenvalue weighted by Crippen LogP contribution is -2.18. The zero-order chi connectivity index (χ0) is 12.8. The highest BCUT2D eigenvalue weighted by Gasteiger charge is 2.17. The van der Waals surface area contributed by atoms with Gasteiger partial charge in [0.05, 0.1) is 12.3 Å². The van der Waals surface area contributed by atoms with E-state index in [0.717, 1.165) is 18.5 Å². The van der Waals surface area contributed by atoms with Crippen molar-refractivity contribution in [3.05, 3.63) is 11.4 Å². The van der Waals surface area contributed by atoms with Crippen LogP contribution in [0.15, 0.2) is 0 Å². The van der Waals surface area contributed by atoms with Crippen molar-refractivity contribution in [2.45, 2.75) is 33.2 Å². The van der Waals surface area contributed by atoms with Crippen molar-refractivity contribution in [3.63, 3.8) is 0 Å². The highest BCUT2D eigenvalue weighted by atomic mass is 16.5. The van der Waals surface area contributed by atoms with Gasteiger partial charge in [0.1, 0.15) is 0 Å². The summed E-state index contributed by atoms with van der Waals surface area (Å²) in [7, 11) is 1.67. The molecule has 0 aliphatic heterocycles. The van der Waals surface area contributed by atoms with E-state index in [1.165, 1.54) is 0 Å². The maximum absolute atomic E-state index is 11.2. The van der Waals surface area contributed by atoms with E-state index in [1.54, 1.807) is 11.8 Å². The molecule has 0 aliphatic carbocycles. The number of methoxy groups -OCH3 is 1. The highest BCUT2D eigenvalue weighted by molar-refractivity contribution is 5.91. The summed E-state index contributed by atoms with van der Waals surface area (Å²) in [5, 5.41) is 7.83. The van der Waals surface area contributed by atoms with Gasteiger partial charge in [-0.25, -0.2) is 4.68 Å². The second kappa shape index (κ2) is 6.34. The maximum atomic E-state index is 11.2. The Morgan fingerprint density at radius 1 is 1.59 bits per heavy atom. The SMILES string of the molecule is CCCc1c(C(N)=O)nnn1CC(C)COC. The van der Waals surface area contributed by atoms with Gasteiger partial charge in [0, 0.05) is 13.7 Å². The predicted molar refractivity (Wildman–Crippen MR) is 63.6 cm³/mol. The molecule has 1 amide bonds. The number of nitrogens with two attached hydrogens (primary N) is 1. The highest BCUT2D eigenvalue weighted by Crippen LogP contribution is 2.10. The van der Waals surface area contributed by atoms with Gasteiger partial charge < -0.3 is 10.5 Å². The fourth-order valence-electron chi connectivity index (χ4n) is 1.79. The van der Waals surface area contributed by atoms with E-state index in [4.69, 9.17) is 10.5 Å². The van der Waals surface area contributed by atoms with E-state index < -0.39 is 5.91 Å². The molecule has 0 aliphatic rings. The lowest BCUT2D eigenvalue weighted by Gasteiger charge is -2.12. The van der Waals surface area contributed by atoms with Gasteiger partial charge in [0.25, 0.3) is 5.91 Å². The molecule has 6 nitrogen and oxygen atoms in total. The van der Waals surface area contributed by atoms with Gasteiger partial charge in [-0.3, -0.25) is 4.79 Å². The molecule has 1 aromatic rings. The van der Waals surface area contributed by atoms with Crippen LogP contribution < -0.4 is 5.73 Å². The Labute approximate surface area is 101 Å². The minimum atomic E-state index is -0.515. The molecule has 0 spiro atoms. The number of hydrogen-bond acceptors (Lipinski definition) is 4. The van der Waals surface area contributed by atoms with Crippen molar-refractivity contribution in [1.82, 2.24) is 15.0 Å². The van der Waals surface area contributed by atoms with Crippen LogP contribution >= 0.6 is 0 Å². The van der Waals surface area contributed by atoms with Crippen LogP contribution in [0.4, 0.5) is 0 Å². The van der Waals surface area contributed by atoms with E-state index in [0.29, 0.717) is 19.1 Å². The summed E-state index contributed by atoms with van der Waals surface area (Å²) in [6.45, 7) is 5.44. The summed E-state index contributed by atoms with van der Waals surface area (Å²) in [6, 6.07) is 0. The van der Waals surface area contributed by atoms with Gasteiger partial charge in [0.15, 0.2) is 5.69 Å². The zero-order valence-corrected chi connectivity index (χ0v) is 10.6. The molecule has 6 heteroatoms. The normalized spacial score (nSPS) is 12.6. The van der Waals surface area contributed by atoms with Gasteiger partial charge >= 0.3 is 0 Å². The lowest BCUT2D eigenvalue weighted by molar-refractivity contribution is 0.0994. The Kier molecular flexibility index (Phi) is 5.09. The van der Waals surface area contributed by atoms with Gasteiger partial charge in [-0.05, 0) is 12.3 Å². The van der Waals surface area contributed by atoms with Crippen molar-refractivity contribution in [2.24, 2.45) is 11.7 Å². The van der Waals surface area contributed by atoms with Crippen LogP contribution in [0.3, 0.4) is 0 Å². The molecule has 0 fully saturated rings. The summed E-state index contributed by atoms with van der Waals surface area (Å²) in [6.07, 6.45) is 1.68. The standard InChI is InChI=1S/C11H20N4O2/c1-4-5-9-10(11(12)16)13-14-15(9)6-8(2)7-17-3/h8H,4-7H2,1-3H3,(H2,12,16). The Morgan fingerprint density at radius 3 is 2.82 bits per heavy atom. The molecular weight excluding hydrogens is 220 g/mol. The van der Waals surface area contributed by atoms with E-state index in [9.17, 15) is 4.79 Å². The third-order valence-electron chi connectivity index (χ3n) is 2.49. The molecule has 1 aromatic heterocycles. The number of amides is 1. The molecule has 1 unspecified atom stereocenters. The number of nitrogens with zero attached hydrogens (tertiary/aromatic N) is 3. The zero-order valence-electron chi connectivity index (χ0n) is 10.6. The van der Waals surface area contributed by atoms with Crippen LogP contribution in [-0.2, 0) is 17.7 Å². The lowest BCUT2D eigenvalue weighted by atomic mass is 10.1. The Hall–Kier alpha value is -1.43. The van der Waals surface area contributed by atoms with Gasteiger partial charge in [-0.1, -0.05) is 25.5 Å². The van der Waals surface area contributed by atoms with E-state index in [2.05, 4.69) is 17.2 Å². The Bertz CT molecular complexity index is 376. The van der Waals surface area contributed by atoms with Crippen LogP contribution in [0, 0.1) is 5.92 Å². The van der Waals surface area contributed by atoms with Crippen molar-refractivity contribution >= 4 is 5.91 Å². The first-order valence-electron chi connectivity index (χ1n) is 5.81. The molecule has 0 saturated carbocycles. The smallest absolute Gasteiger partial charge is 0.271 e. The van der Waals surface area contributed by atoms with Crippen LogP contribution in [0.2, 0.25) is 0 Å². The summed E-state index contributed by atoms with van der Waals surface area (Å²) in [5.74, 6) is -0.197. The second-order valence-corrected chi connectivity index (χ2v) is 4.24. The molecule has 0 radical (unpaired) electrons. The number of primary amides is 1. The molecule has 17 heavy (non-hydrogen) atoms. The molecule has 0 aromatic carbocycles. The Balaban J connectivity index is 2.87. The number of ether oxygens (including phenoxy) is 1. The van der Waals surface area contributed by atoms with Crippen LogP contribution in [0.25, 0.3) is 0 Å². The van der Waals surface area contributed by atoms with Gasteiger partial charge in [-0.2, -0.15) is 0 Å². The number of carbonyl (C=O) groups excluding carboxylic acids is 1. The first-order chi connectivity index (χ1) is 8.10. The summed E-state index contributed by atoms with van der Waals surface area (Å²) in [4.78, 5) is 11.2. The number of hydrogen-bond donors (Lipinski definition) is 1. The molecule has 2 N–H and O–H groups in total. The number of rotatable bonds is 7. The number of aromatic nitrogens is 3. The third kappa shape index (κ3) is 3.52. The molecule has 1 atom stereocenters. The molecule has 0 saturated heterocycles. The third-order valence-corrected chi connectivity index (χ3v) is 2.49. The number of carbonyl (C=O) groups is 1. The van der Waals surface area contributed by atoms with Crippen LogP contribution in [0.5, 0.6) is 0 Å². The van der Waals surface area contributed by atoms with Crippen LogP contribution in [-0.4, -0.2) is 34.6 Å². The monoisotopic (exact) mass is 240 g/mol. The maximum Gasteiger partial charge on any atom is 0.271 e. The molecular formula is C11H20N4O2. The predicted octanol–water partition coefficient (Wildman–Crippen LogP) is 0.612. The van der Waals surface area contributed by atoms with E-state index >= 15 is 0 Å². The summed E-state index contributed by atoms with van der Waals surface area (Å²) in [5.41, 5.74) is 6.38. The summed E-state index contributed by atoms with van der Waals surface area (Å²) >= 11 is 0. The summed E-state index contributed by atoms with van der Waals surface area (Å²) < 4.78 is 6.83. The quantitative estimate of drug-likeness (QED) is 0.757. The van der Waals surface area contributed by atoms with Crippen LogP contribution in [0.1, 0.15) is 36.5 Å². The largest absolute Gasteiger partial charge is 0.384 e. The van der Waals surface area contributed by atoms with Crippen molar-refractivity contribution < 1.29 is 9.53 Å². The Morgan fingerprint density at radius 2 is 2.29 bits per heavy atom. The first-order valence-corrected chi connectivity index (χ1v) is 5.81. The molecule has 1 rings (SSSR count). The fourth-order valence-corrected chi connectivity index (χ4v) is 1.79. The van der Waals surface area contributed by atoms with Gasteiger partial charge in [0.2, 0.25) is 0 Å². The topological polar surface area (TPSA) is 83.0 Å². The minimum Gasteiger partial charge on any atom is -0.384 e. The van der Waals surface area contributed by atoms with Crippen molar-refractivity contribution in [1.29, 1.82) is 0 Å². The van der Waals surface area contributed by atoms with E-state index in [-0.39, 0.29) is 5.69 Å². The minimum absolute atomic E-state index is 0.288. The molecule has 96 valence electrons. The second-order valence-electron chi connectivity index (χ2n) is 4.24. The van der Waals surface area contributed by atoms with Crippen molar-refractivity contribution in [3.8, 4) is 0 Å². The average Bonchev–Trinajstić information content (AvgIpc) is 2.63.